The molecule has 0 saturated carbocycles. The zero-order valence-corrected chi connectivity index (χ0v) is 8.95. The zero-order chi connectivity index (χ0) is 10.7. The van der Waals surface area contributed by atoms with Crippen molar-refractivity contribution in [3.8, 4) is 0 Å². The van der Waals surface area contributed by atoms with E-state index in [0.29, 0.717) is 19.1 Å². The Labute approximate surface area is 89.9 Å². The summed E-state index contributed by atoms with van der Waals surface area (Å²) in [6, 6.07) is 0.470. The number of nitrogens with one attached hydrogen (secondary N) is 1. The second-order valence-corrected chi connectivity index (χ2v) is 4.29. The quantitative estimate of drug-likeness (QED) is 0.687. The van der Waals surface area contributed by atoms with Gasteiger partial charge in [-0.2, -0.15) is 0 Å². The minimum atomic E-state index is -0.290. The lowest BCUT2D eigenvalue weighted by molar-refractivity contribution is 0.0752. The first-order chi connectivity index (χ1) is 7.29. The second kappa shape index (κ2) is 4.81. The molecule has 3 N–H and O–H groups in total. The fraction of sp³-hybridized carbons (Fsp3) is 0.900. The van der Waals surface area contributed by atoms with Crippen LogP contribution < -0.4 is 11.1 Å². The first kappa shape index (κ1) is 10.7. The van der Waals surface area contributed by atoms with Crippen LogP contribution in [0.3, 0.4) is 0 Å². The lowest BCUT2D eigenvalue weighted by Crippen LogP contribution is -2.47. The number of alkyl carbamates (subject to hydrolysis) is 1. The average Bonchev–Trinajstić information content (AvgIpc) is 2.65. The molecule has 0 aliphatic carbocycles. The molecule has 2 fully saturated rings. The van der Waals surface area contributed by atoms with Crippen molar-refractivity contribution in [2.24, 2.45) is 5.73 Å². The predicted molar refractivity (Wildman–Crippen MR) is 56.5 cm³/mol. The van der Waals surface area contributed by atoms with Crippen LogP contribution in [0.1, 0.15) is 19.3 Å². The van der Waals surface area contributed by atoms with E-state index in [1.807, 2.05) is 0 Å². The number of ether oxygens (including phenoxy) is 1. The van der Waals surface area contributed by atoms with Crippen molar-refractivity contribution < 1.29 is 9.53 Å². The lowest BCUT2D eigenvalue weighted by Gasteiger charge is -2.35. The summed E-state index contributed by atoms with van der Waals surface area (Å²) >= 11 is 0. The van der Waals surface area contributed by atoms with Crippen LogP contribution in [0.2, 0.25) is 0 Å². The van der Waals surface area contributed by atoms with E-state index in [-0.39, 0.29) is 12.2 Å². The molecule has 0 aromatic heterocycles. The standard InChI is InChI=1S/C10H19N3O2/c11-5-8-3-1-2-4-13(8)7-9-6-12-10(14)15-9/h8-9H,1-7,11H2,(H,12,14). The highest BCUT2D eigenvalue weighted by Gasteiger charge is 2.28. The largest absolute Gasteiger partial charge is 0.443 e. The molecule has 0 spiro atoms. The van der Waals surface area contributed by atoms with Gasteiger partial charge in [-0.05, 0) is 19.4 Å². The highest BCUT2D eigenvalue weighted by Crippen LogP contribution is 2.17. The molecule has 2 rings (SSSR count). The van der Waals surface area contributed by atoms with Crippen molar-refractivity contribution in [1.82, 2.24) is 10.2 Å². The minimum absolute atomic E-state index is 0.00431. The number of nitrogens with two attached hydrogens (primary N) is 1. The third-order valence-corrected chi connectivity index (χ3v) is 3.21. The van der Waals surface area contributed by atoms with E-state index in [1.54, 1.807) is 0 Å². The number of hydrogen-bond donors (Lipinski definition) is 2. The van der Waals surface area contributed by atoms with Crippen LogP contribution in [0.15, 0.2) is 0 Å². The molecular formula is C10H19N3O2. The highest BCUT2D eigenvalue weighted by molar-refractivity contribution is 5.69. The topological polar surface area (TPSA) is 67.6 Å². The number of rotatable bonds is 3. The summed E-state index contributed by atoms with van der Waals surface area (Å²) in [6.45, 7) is 3.23. The van der Waals surface area contributed by atoms with Gasteiger partial charge in [0.05, 0.1) is 6.54 Å². The Balaban J connectivity index is 1.83. The number of amides is 1. The SMILES string of the molecule is NCC1CCCCN1CC1CNC(=O)O1. The van der Waals surface area contributed by atoms with Crippen LogP contribution in [-0.2, 0) is 4.74 Å². The molecule has 5 nitrogen and oxygen atoms in total. The van der Waals surface area contributed by atoms with E-state index in [2.05, 4.69) is 10.2 Å². The average molecular weight is 213 g/mol. The van der Waals surface area contributed by atoms with Crippen LogP contribution in [0, 0.1) is 0 Å². The Hall–Kier alpha value is -0.810. The summed E-state index contributed by atoms with van der Waals surface area (Å²) in [5.41, 5.74) is 5.73. The molecule has 2 aliphatic rings. The molecule has 0 aromatic carbocycles. The Bertz CT molecular complexity index is 235. The molecule has 2 saturated heterocycles. The Morgan fingerprint density at radius 3 is 3.07 bits per heavy atom. The molecule has 5 heteroatoms. The molecule has 0 aromatic rings. The van der Waals surface area contributed by atoms with Gasteiger partial charge in [0.1, 0.15) is 6.10 Å². The maximum absolute atomic E-state index is 10.9. The number of likely N-dealkylation sites (tertiary alicyclic amines) is 1. The molecule has 2 unspecified atom stereocenters. The number of cyclic esters (lactones) is 1. The molecule has 0 radical (unpaired) electrons. The Morgan fingerprint density at radius 1 is 1.53 bits per heavy atom. The second-order valence-electron chi connectivity index (χ2n) is 4.29. The van der Waals surface area contributed by atoms with E-state index in [1.165, 1.54) is 19.3 Å². The number of carbonyl (C=O) groups is 1. The van der Waals surface area contributed by atoms with E-state index in [9.17, 15) is 4.79 Å². The van der Waals surface area contributed by atoms with Crippen molar-refractivity contribution in [1.29, 1.82) is 0 Å². The Morgan fingerprint density at radius 2 is 2.40 bits per heavy atom. The summed E-state index contributed by atoms with van der Waals surface area (Å²) in [7, 11) is 0. The smallest absolute Gasteiger partial charge is 0.407 e. The van der Waals surface area contributed by atoms with Gasteiger partial charge >= 0.3 is 6.09 Å². The molecule has 2 atom stereocenters. The van der Waals surface area contributed by atoms with Crippen molar-refractivity contribution in [3.63, 3.8) is 0 Å². The van der Waals surface area contributed by atoms with Crippen LogP contribution >= 0.6 is 0 Å². The van der Waals surface area contributed by atoms with Crippen molar-refractivity contribution in [2.45, 2.75) is 31.4 Å². The van der Waals surface area contributed by atoms with E-state index in [4.69, 9.17) is 10.5 Å². The number of hydrogen-bond acceptors (Lipinski definition) is 4. The zero-order valence-electron chi connectivity index (χ0n) is 8.95. The first-order valence-electron chi connectivity index (χ1n) is 5.68. The van der Waals surface area contributed by atoms with Crippen LogP contribution in [0.4, 0.5) is 4.79 Å². The van der Waals surface area contributed by atoms with Gasteiger partial charge in [0.25, 0.3) is 0 Å². The van der Waals surface area contributed by atoms with Gasteiger partial charge in [-0.1, -0.05) is 6.42 Å². The lowest BCUT2D eigenvalue weighted by atomic mass is 10.0. The van der Waals surface area contributed by atoms with E-state index in [0.717, 1.165) is 13.1 Å². The first-order valence-corrected chi connectivity index (χ1v) is 5.68. The molecule has 86 valence electrons. The highest BCUT2D eigenvalue weighted by atomic mass is 16.6. The van der Waals surface area contributed by atoms with Crippen LogP contribution in [0.5, 0.6) is 0 Å². The summed E-state index contributed by atoms with van der Waals surface area (Å²) in [4.78, 5) is 13.2. The van der Waals surface area contributed by atoms with Gasteiger partial charge in [-0.3, -0.25) is 4.90 Å². The van der Waals surface area contributed by atoms with Gasteiger partial charge in [-0.15, -0.1) is 0 Å². The molecular weight excluding hydrogens is 194 g/mol. The van der Waals surface area contributed by atoms with Gasteiger partial charge < -0.3 is 15.8 Å². The third-order valence-electron chi connectivity index (χ3n) is 3.21. The van der Waals surface area contributed by atoms with E-state index < -0.39 is 0 Å². The predicted octanol–water partition coefficient (Wildman–Crippen LogP) is -0.0920. The number of piperidine rings is 1. The summed E-state index contributed by atoms with van der Waals surface area (Å²) < 4.78 is 5.12. The van der Waals surface area contributed by atoms with Crippen LogP contribution in [-0.4, -0.2) is 49.3 Å². The van der Waals surface area contributed by atoms with E-state index >= 15 is 0 Å². The van der Waals surface area contributed by atoms with Crippen molar-refractivity contribution in [2.75, 3.05) is 26.2 Å². The maximum atomic E-state index is 10.9. The number of carbonyl (C=O) groups excluding carboxylic acids is 1. The van der Waals surface area contributed by atoms with Gasteiger partial charge in [-0.25, -0.2) is 4.79 Å². The normalized spacial score (nSPS) is 32.5. The van der Waals surface area contributed by atoms with Gasteiger partial charge in [0.2, 0.25) is 0 Å². The Kier molecular flexibility index (Phi) is 3.43. The van der Waals surface area contributed by atoms with Gasteiger partial charge in [0.15, 0.2) is 0 Å². The summed E-state index contributed by atoms with van der Waals surface area (Å²) in [5, 5.41) is 2.67. The van der Waals surface area contributed by atoms with Gasteiger partial charge in [0, 0.05) is 19.1 Å². The minimum Gasteiger partial charge on any atom is -0.443 e. The fourth-order valence-corrected chi connectivity index (χ4v) is 2.36. The van der Waals surface area contributed by atoms with Crippen molar-refractivity contribution >= 4 is 6.09 Å². The fourth-order valence-electron chi connectivity index (χ4n) is 2.36. The molecule has 2 aliphatic heterocycles. The van der Waals surface area contributed by atoms with Crippen LogP contribution in [0.25, 0.3) is 0 Å². The monoisotopic (exact) mass is 213 g/mol. The summed E-state index contributed by atoms with van der Waals surface area (Å²) in [5.74, 6) is 0. The number of nitrogens with zero attached hydrogens (tertiary/aromatic N) is 1. The molecule has 2 heterocycles. The maximum Gasteiger partial charge on any atom is 0.407 e. The third kappa shape index (κ3) is 2.60. The molecule has 1 amide bonds. The molecule has 0 bridgehead atoms. The molecule has 15 heavy (non-hydrogen) atoms. The summed E-state index contributed by atoms with van der Waals surface area (Å²) in [6.07, 6.45) is 3.38. The van der Waals surface area contributed by atoms with Crippen molar-refractivity contribution in [3.05, 3.63) is 0 Å².